The number of carboxylic acids is 1. The Labute approximate surface area is 80.3 Å². The topological polar surface area (TPSA) is 37.3 Å². The van der Waals surface area contributed by atoms with Gasteiger partial charge in [-0.15, -0.1) is 0 Å². The molecule has 1 N–H and O–H groups in total. The molecule has 2 nitrogen and oxygen atoms in total. The van der Waals surface area contributed by atoms with E-state index in [1.807, 2.05) is 6.92 Å². The van der Waals surface area contributed by atoms with Gasteiger partial charge in [-0.1, -0.05) is 33.6 Å². The molecule has 0 amide bonds. The van der Waals surface area contributed by atoms with Crippen molar-refractivity contribution in [2.45, 2.75) is 47.0 Å². The van der Waals surface area contributed by atoms with Crippen LogP contribution < -0.4 is 0 Å². The molecule has 0 saturated heterocycles. The third kappa shape index (κ3) is 1.36. The molecular formula is C11H20O2. The van der Waals surface area contributed by atoms with Crippen molar-refractivity contribution in [2.75, 3.05) is 0 Å². The summed E-state index contributed by atoms with van der Waals surface area (Å²) < 4.78 is 0. The van der Waals surface area contributed by atoms with Crippen LogP contribution in [-0.2, 0) is 4.79 Å². The van der Waals surface area contributed by atoms with Gasteiger partial charge in [0.2, 0.25) is 0 Å². The second-order valence-corrected chi connectivity index (χ2v) is 5.15. The lowest BCUT2D eigenvalue weighted by molar-refractivity contribution is -0.162. The lowest BCUT2D eigenvalue weighted by atomic mass is 9.54. The molecule has 0 heterocycles. The summed E-state index contributed by atoms with van der Waals surface area (Å²) in [7, 11) is 0. The van der Waals surface area contributed by atoms with Gasteiger partial charge in [0.25, 0.3) is 0 Å². The molecule has 2 heteroatoms. The summed E-state index contributed by atoms with van der Waals surface area (Å²) in [6.45, 7) is 8.24. The summed E-state index contributed by atoms with van der Waals surface area (Å²) in [6.07, 6.45) is 3.03. The maximum atomic E-state index is 11.2. The van der Waals surface area contributed by atoms with Crippen molar-refractivity contribution in [1.82, 2.24) is 0 Å². The first-order valence-electron chi connectivity index (χ1n) is 5.06. The van der Waals surface area contributed by atoms with Crippen LogP contribution in [-0.4, -0.2) is 11.1 Å². The normalized spacial score (nSPS) is 38.6. The van der Waals surface area contributed by atoms with Gasteiger partial charge in [0.05, 0.1) is 5.41 Å². The van der Waals surface area contributed by atoms with Crippen LogP contribution in [0.5, 0.6) is 0 Å². The van der Waals surface area contributed by atoms with Crippen LogP contribution in [0.15, 0.2) is 0 Å². The number of rotatable bonds is 1. The average molecular weight is 184 g/mol. The summed E-state index contributed by atoms with van der Waals surface area (Å²) in [5.74, 6) is -0.133. The molecule has 1 rings (SSSR count). The van der Waals surface area contributed by atoms with Crippen molar-refractivity contribution >= 4 is 5.97 Å². The zero-order chi connectivity index (χ0) is 10.3. The molecule has 2 unspecified atom stereocenters. The summed E-state index contributed by atoms with van der Waals surface area (Å²) in [5.41, 5.74) is -0.623. The zero-order valence-electron chi connectivity index (χ0n) is 9.05. The first kappa shape index (κ1) is 10.6. The van der Waals surface area contributed by atoms with Gasteiger partial charge in [-0.3, -0.25) is 4.79 Å². The van der Waals surface area contributed by atoms with Gasteiger partial charge in [0.15, 0.2) is 0 Å². The fraction of sp³-hybridized carbons (Fsp3) is 0.909. The highest BCUT2D eigenvalue weighted by atomic mass is 16.4. The highest BCUT2D eigenvalue weighted by Gasteiger charge is 2.51. The number of carboxylic acid groups (broad SMARTS) is 1. The van der Waals surface area contributed by atoms with Crippen LogP contribution >= 0.6 is 0 Å². The number of aliphatic carboxylic acids is 1. The Kier molecular flexibility index (Phi) is 2.44. The highest BCUT2D eigenvalue weighted by Crippen LogP contribution is 2.53. The van der Waals surface area contributed by atoms with Gasteiger partial charge >= 0.3 is 5.97 Å². The van der Waals surface area contributed by atoms with Crippen LogP contribution in [0.25, 0.3) is 0 Å². The monoisotopic (exact) mass is 184 g/mol. The van der Waals surface area contributed by atoms with Crippen LogP contribution in [0, 0.1) is 16.7 Å². The van der Waals surface area contributed by atoms with E-state index in [1.165, 1.54) is 0 Å². The molecule has 0 aromatic rings. The molecule has 0 radical (unpaired) electrons. The summed E-state index contributed by atoms with van der Waals surface area (Å²) in [4.78, 5) is 11.2. The standard InChI is InChI=1S/C11H20O2/c1-8-6-5-7-11(4,9(12)13)10(8,2)3/h8H,5-7H2,1-4H3,(H,12,13). The summed E-state index contributed by atoms with van der Waals surface area (Å²) in [6, 6.07) is 0. The molecular weight excluding hydrogens is 164 g/mol. The third-order valence-corrected chi connectivity index (χ3v) is 4.44. The Morgan fingerprint density at radius 2 is 1.92 bits per heavy atom. The van der Waals surface area contributed by atoms with Gasteiger partial charge in [-0.2, -0.15) is 0 Å². The van der Waals surface area contributed by atoms with Gasteiger partial charge in [0.1, 0.15) is 0 Å². The Balaban J connectivity index is 3.02. The molecule has 0 bridgehead atoms. The van der Waals surface area contributed by atoms with E-state index in [0.717, 1.165) is 19.3 Å². The smallest absolute Gasteiger partial charge is 0.309 e. The molecule has 1 aliphatic carbocycles. The predicted octanol–water partition coefficient (Wildman–Crippen LogP) is 2.92. The van der Waals surface area contributed by atoms with Crippen LogP contribution in [0.3, 0.4) is 0 Å². The second-order valence-electron chi connectivity index (χ2n) is 5.15. The molecule has 76 valence electrons. The zero-order valence-corrected chi connectivity index (χ0v) is 9.05. The Hall–Kier alpha value is -0.530. The predicted molar refractivity (Wildman–Crippen MR) is 52.5 cm³/mol. The highest BCUT2D eigenvalue weighted by molar-refractivity contribution is 5.75. The minimum Gasteiger partial charge on any atom is -0.481 e. The average Bonchev–Trinajstić information content (AvgIpc) is 2.00. The fourth-order valence-corrected chi connectivity index (χ4v) is 2.37. The first-order valence-corrected chi connectivity index (χ1v) is 5.06. The van der Waals surface area contributed by atoms with E-state index in [2.05, 4.69) is 20.8 Å². The number of carbonyl (C=O) groups is 1. The molecule has 0 aliphatic heterocycles. The van der Waals surface area contributed by atoms with Crippen molar-refractivity contribution in [3.05, 3.63) is 0 Å². The van der Waals surface area contributed by atoms with Gasteiger partial charge in [0, 0.05) is 0 Å². The lowest BCUT2D eigenvalue weighted by Crippen LogP contribution is -2.48. The maximum Gasteiger partial charge on any atom is 0.309 e. The van der Waals surface area contributed by atoms with E-state index in [9.17, 15) is 9.90 Å². The molecule has 0 aromatic carbocycles. The maximum absolute atomic E-state index is 11.2. The molecule has 1 saturated carbocycles. The van der Waals surface area contributed by atoms with Crippen LogP contribution in [0.1, 0.15) is 47.0 Å². The molecule has 2 atom stereocenters. The SMILES string of the molecule is CC1CCCC(C)(C(=O)O)C1(C)C. The fourth-order valence-electron chi connectivity index (χ4n) is 2.37. The van der Waals surface area contributed by atoms with Crippen LogP contribution in [0.4, 0.5) is 0 Å². The Morgan fingerprint density at radius 3 is 2.31 bits per heavy atom. The number of hydrogen-bond donors (Lipinski definition) is 1. The van der Waals surface area contributed by atoms with Gasteiger partial charge < -0.3 is 5.11 Å². The Bertz CT molecular complexity index is 220. The molecule has 13 heavy (non-hydrogen) atoms. The second kappa shape index (κ2) is 3.00. The van der Waals surface area contributed by atoms with E-state index in [4.69, 9.17) is 0 Å². The summed E-state index contributed by atoms with van der Waals surface area (Å²) >= 11 is 0. The molecule has 1 fully saturated rings. The van der Waals surface area contributed by atoms with Crippen molar-refractivity contribution in [3.63, 3.8) is 0 Å². The largest absolute Gasteiger partial charge is 0.481 e. The summed E-state index contributed by atoms with van der Waals surface area (Å²) in [5, 5.41) is 9.25. The van der Waals surface area contributed by atoms with E-state index in [0.29, 0.717) is 5.92 Å². The van der Waals surface area contributed by atoms with Gasteiger partial charge in [-0.25, -0.2) is 0 Å². The minimum atomic E-state index is -0.635. The van der Waals surface area contributed by atoms with Crippen molar-refractivity contribution in [3.8, 4) is 0 Å². The minimum absolute atomic E-state index is 0.0862. The van der Waals surface area contributed by atoms with E-state index in [1.54, 1.807) is 0 Å². The third-order valence-electron chi connectivity index (χ3n) is 4.44. The van der Waals surface area contributed by atoms with E-state index in [-0.39, 0.29) is 5.41 Å². The molecule has 1 aliphatic rings. The van der Waals surface area contributed by atoms with E-state index < -0.39 is 11.4 Å². The molecule has 0 aromatic heterocycles. The van der Waals surface area contributed by atoms with Crippen molar-refractivity contribution in [2.24, 2.45) is 16.7 Å². The Morgan fingerprint density at radius 1 is 1.38 bits per heavy atom. The van der Waals surface area contributed by atoms with Gasteiger partial charge in [-0.05, 0) is 24.7 Å². The number of hydrogen-bond acceptors (Lipinski definition) is 1. The van der Waals surface area contributed by atoms with Crippen molar-refractivity contribution in [1.29, 1.82) is 0 Å². The first-order chi connectivity index (χ1) is 5.82. The van der Waals surface area contributed by atoms with E-state index >= 15 is 0 Å². The lowest BCUT2D eigenvalue weighted by Gasteiger charge is -2.49. The van der Waals surface area contributed by atoms with Crippen molar-refractivity contribution < 1.29 is 9.90 Å². The molecule has 0 spiro atoms. The quantitative estimate of drug-likeness (QED) is 0.680. The van der Waals surface area contributed by atoms with Crippen LogP contribution in [0.2, 0.25) is 0 Å².